The topological polar surface area (TPSA) is 132 Å². The van der Waals surface area contributed by atoms with E-state index in [0.29, 0.717) is 23.1 Å². The molecule has 0 saturated heterocycles. The number of ether oxygens (including phenoxy) is 3. The number of carboxylic acids is 1. The van der Waals surface area contributed by atoms with Crippen LogP contribution in [0.5, 0.6) is 16.8 Å². The molecule has 0 fully saturated rings. The molecule has 1 aromatic carbocycles. The van der Waals surface area contributed by atoms with Gasteiger partial charge >= 0.3 is 24.2 Å². The third-order valence-electron chi connectivity index (χ3n) is 4.24. The lowest BCUT2D eigenvalue weighted by atomic mass is 10.1. The first-order valence-electron chi connectivity index (χ1n) is 10.2. The second kappa shape index (κ2) is 13.1. The summed E-state index contributed by atoms with van der Waals surface area (Å²) in [5.74, 6) is -1.27. The molecule has 0 aliphatic heterocycles. The maximum absolute atomic E-state index is 11.4. The van der Waals surface area contributed by atoms with Crippen molar-refractivity contribution >= 4 is 29.2 Å². The summed E-state index contributed by atoms with van der Waals surface area (Å²) in [5, 5.41) is 13.3. The van der Waals surface area contributed by atoms with Gasteiger partial charge in [-0.25, -0.2) is 9.59 Å². The fraction of sp³-hybridized carbons (Fsp3) is 0.273. The highest BCUT2D eigenvalue weighted by Gasteiger charge is 2.38. The van der Waals surface area contributed by atoms with E-state index in [9.17, 15) is 18.0 Å². The van der Waals surface area contributed by atoms with E-state index in [-0.39, 0.29) is 6.01 Å². The van der Waals surface area contributed by atoms with Gasteiger partial charge < -0.3 is 30.0 Å². The maximum Gasteiger partial charge on any atom is 0.490 e. The van der Waals surface area contributed by atoms with Crippen molar-refractivity contribution in [2.45, 2.75) is 12.6 Å². The molecule has 36 heavy (non-hydrogen) atoms. The number of carboxylic acid groups (broad SMARTS) is 1. The van der Waals surface area contributed by atoms with Crippen molar-refractivity contribution < 1.29 is 42.1 Å². The van der Waals surface area contributed by atoms with Gasteiger partial charge in [0.25, 0.3) is 0 Å². The fourth-order valence-electron chi connectivity index (χ4n) is 2.52. The Kier molecular flexibility index (Phi) is 10.3. The van der Waals surface area contributed by atoms with Gasteiger partial charge in [-0.15, -0.1) is 0 Å². The minimum Gasteiger partial charge on any atom is -0.497 e. The van der Waals surface area contributed by atoms with E-state index in [2.05, 4.69) is 20.6 Å². The van der Waals surface area contributed by atoms with Gasteiger partial charge in [0.15, 0.2) is 5.06 Å². The number of anilines is 1. The first kappa shape index (κ1) is 28.2. The van der Waals surface area contributed by atoms with Crippen LogP contribution >= 0.6 is 11.3 Å². The number of thiophene rings is 1. The number of halogens is 3. The van der Waals surface area contributed by atoms with Crippen LogP contribution in [0.4, 0.5) is 23.8 Å². The third kappa shape index (κ3) is 8.94. The van der Waals surface area contributed by atoms with Gasteiger partial charge in [0.2, 0.25) is 0 Å². The molecule has 0 saturated carbocycles. The Morgan fingerprint density at radius 2 is 1.72 bits per heavy atom. The average Bonchev–Trinajstić information content (AvgIpc) is 3.32. The molecule has 0 aliphatic carbocycles. The summed E-state index contributed by atoms with van der Waals surface area (Å²) in [6, 6.07) is 13.6. The highest BCUT2D eigenvalue weighted by atomic mass is 32.1. The standard InChI is InChI=1S/C20H22N4O4S.C2HF3O2/c1-21-20(25)28-18-9-8-16(29-18)15-12-17(24-19(23-15)27-3)22-11-10-13-4-6-14(26-2)7-5-13;3-2(4,5)1(6)7/h4-9,12H,10-11H2,1-3H3,(H,21,25)(H,22,23,24);(H,6,7). The molecule has 0 atom stereocenters. The molecular formula is C22H23F3N4O6S. The maximum atomic E-state index is 11.4. The van der Waals surface area contributed by atoms with E-state index >= 15 is 0 Å². The number of hydrogen-bond acceptors (Lipinski definition) is 9. The van der Waals surface area contributed by atoms with Gasteiger partial charge in [0, 0.05) is 19.7 Å². The van der Waals surface area contributed by atoms with Crippen LogP contribution in [0.2, 0.25) is 0 Å². The monoisotopic (exact) mass is 528 g/mol. The van der Waals surface area contributed by atoms with Gasteiger partial charge in [-0.2, -0.15) is 23.1 Å². The second-order valence-electron chi connectivity index (χ2n) is 6.71. The van der Waals surface area contributed by atoms with Gasteiger partial charge in [-0.05, 0) is 36.2 Å². The Morgan fingerprint density at radius 1 is 1.06 bits per heavy atom. The number of carbonyl (C=O) groups is 2. The van der Waals surface area contributed by atoms with Crippen LogP contribution in [-0.4, -0.2) is 61.1 Å². The number of aliphatic carboxylic acids is 1. The predicted molar refractivity (Wildman–Crippen MR) is 126 cm³/mol. The quantitative estimate of drug-likeness (QED) is 0.393. The molecular weight excluding hydrogens is 505 g/mol. The summed E-state index contributed by atoms with van der Waals surface area (Å²) in [4.78, 5) is 29.8. The number of rotatable bonds is 8. The first-order chi connectivity index (χ1) is 17.0. The lowest BCUT2D eigenvalue weighted by Gasteiger charge is -2.09. The zero-order valence-electron chi connectivity index (χ0n) is 19.4. The number of aromatic nitrogens is 2. The summed E-state index contributed by atoms with van der Waals surface area (Å²) in [7, 11) is 4.68. The normalized spacial score (nSPS) is 10.5. The SMILES string of the molecule is CNC(=O)Oc1ccc(-c2cc(NCCc3ccc(OC)cc3)nc(OC)n2)s1.O=C(O)C(F)(F)F. The van der Waals surface area contributed by atoms with Crippen LogP contribution in [0.15, 0.2) is 42.5 Å². The number of hydrogen-bond donors (Lipinski definition) is 3. The summed E-state index contributed by atoms with van der Waals surface area (Å²) < 4.78 is 47.3. The van der Waals surface area contributed by atoms with Crippen molar-refractivity contribution in [3.8, 4) is 27.4 Å². The Labute approximate surface area is 208 Å². The zero-order chi connectivity index (χ0) is 26.7. The van der Waals surface area contributed by atoms with E-state index in [4.69, 9.17) is 24.1 Å². The molecule has 0 radical (unpaired) electrons. The van der Waals surface area contributed by atoms with Crippen LogP contribution in [0.3, 0.4) is 0 Å². The van der Waals surface area contributed by atoms with E-state index in [1.807, 2.05) is 36.4 Å². The molecule has 0 unspecified atom stereocenters. The van der Waals surface area contributed by atoms with Gasteiger partial charge in [0.05, 0.1) is 24.8 Å². The van der Waals surface area contributed by atoms with E-state index in [1.165, 1.54) is 31.1 Å². The highest BCUT2D eigenvalue weighted by Crippen LogP contribution is 2.33. The first-order valence-corrected chi connectivity index (χ1v) is 11.0. The Hall–Kier alpha value is -4.07. The molecule has 0 spiro atoms. The molecule has 2 heterocycles. The molecule has 3 N–H and O–H groups in total. The number of nitrogens with one attached hydrogen (secondary N) is 2. The number of nitrogens with zero attached hydrogens (tertiary/aromatic N) is 2. The molecule has 3 rings (SSSR count). The van der Waals surface area contributed by atoms with Crippen molar-refractivity contribution in [3.63, 3.8) is 0 Å². The lowest BCUT2D eigenvalue weighted by molar-refractivity contribution is -0.192. The Morgan fingerprint density at radius 3 is 2.28 bits per heavy atom. The van der Waals surface area contributed by atoms with E-state index < -0.39 is 18.2 Å². The molecule has 14 heteroatoms. The minimum atomic E-state index is -5.08. The van der Waals surface area contributed by atoms with Crippen LogP contribution < -0.4 is 24.8 Å². The molecule has 3 aromatic rings. The van der Waals surface area contributed by atoms with Crippen LogP contribution in [-0.2, 0) is 11.2 Å². The van der Waals surface area contributed by atoms with Crippen molar-refractivity contribution in [2.75, 3.05) is 33.1 Å². The van der Waals surface area contributed by atoms with Crippen LogP contribution in [0, 0.1) is 0 Å². The van der Waals surface area contributed by atoms with Gasteiger partial charge in [-0.1, -0.05) is 23.5 Å². The number of carbonyl (C=O) groups excluding carboxylic acids is 1. The molecule has 10 nitrogen and oxygen atoms in total. The Balaban J connectivity index is 0.000000572. The molecule has 0 aliphatic rings. The molecule has 2 aromatic heterocycles. The number of alkyl halides is 3. The zero-order valence-corrected chi connectivity index (χ0v) is 20.2. The van der Waals surface area contributed by atoms with E-state index in [1.54, 1.807) is 13.2 Å². The summed E-state index contributed by atoms with van der Waals surface area (Å²) >= 11 is 1.31. The minimum absolute atomic E-state index is 0.261. The van der Waals surface area contributed by atoms with Crippen molar-refractivity contribution in [1.29, 1.82) is 0 Å². The summed E-state index contributed by atoms with van der Waals surface area (Å²) in [6.45, 7) is 0.696. The fourth-order valence-corrected chi connectivity index (χ4v) is 3.33. The number of benzene rings is 1. The van der Waals surface area contributed by atoms with Crippen LogP contribution in [0.25, 0.3) is 10.6 Å². The lowest BCUT2D eigenvalue weighted by Crippen LogP contribution is -2.21. The largest absolute Gasteiger partial charge is 0.497 e. The Bertz CT molecular complexity index is 1160. The molecule has 194 valence electrons. The number of methoxy groups -OCH3 is 2. The van der Waals surface area contributed by atoms with Crippen molar-refractivity contribution in [3.05, 3.63) is 48.0 Å². The van der Waals surface area contributed by atoms with E-state index in [0.717, 1.165) is 17.0 Å². The third-order valence-corrected chi connectivity index (χ3v) is 5.23. The van der Waals surface area contributed by atoms with Gasteiger partial charge in [0.1, 0.15) is 11.6 Å². The predicted octanol–water partition coefficient (Wildman–Crippen LogP) is 4.23. The second-order valence-corrected chi connectivity index (χ2v) is 7.76. The summed E-state index contributed by atoms with van der Waals surface area (Å²) in [6.07, 6.45) is -4.77. The number of amides is 1. The highest BCUT2D eigenvalue weighted by molar-refractivity contribution is 7.17. The molecule has 1 amide bonds. The van der Waals surface area contributed by atoms with Crippen molar-refractivity contribution in [1.82, 2.24) is 15.3 Å². The van der Waals surface area contributed by atoms with Gasteiger partial charge in [-0.3, -0.25) is 0 Å². The van der Waals surface area contributed by atoms with Crippen LogP contribution in [0.1, 0.15) is 5.56 Å². The van der Waals surface area contributed by atoms with Crippen molar-refractivity contribution in [2.24, 2.45) is 0 Å². The average molecular weight is 529 g/mol. The summed E-state index contributed by atoms with van der Waals surface area (Å²) in [5.41, 5.74) is 1.87. The smallest absolute Gasteiger partial charge is 0.490 e. The molecule has 0 bridgehead atoms.